The number of nitrogens with one attached hydrogen (secondary N) is 1. The monoisotopic (exact) mass is 430 g/mol. The molecule has 0 aliphatic carbocycles. The van der Waals surface area contributed by atoms with Crippen molar-refractivity contribution in [1.29, 1.82) is 0 Å². The number of thioether (sulfide) groups is 1. The molecule has 0 bridgehead atoms. The molecule has 1 N–H and O–H groups in total. The molecular weight excluding hydrogens is 411 g/mol. The standard InChI is InChI=1S/C21H20ClFN4OS/c1-4-12-27-19(15-8-5-6-10-17(15)23)25-26-21(27)29-14(3)20(28)24-18-11-7-9-16(22)13(18)2/h4-11,14H,1,12H2,2-3H3,(H,24,28). The fourth-order valence-electron chi connectivity index (χ4n) is 2.70. The Kier molecular flexibility index (Phi) is 6.71. The molecule has 1 unspecified atom stereocenters. The van der Waals surface area contributed by atoms with Crippen molar-refractivity contribution >= 4 is 35.0 Å². The summed E-state index contributed by atoms with van der Waals surface area (Å²) in [4.78, 5) is 12.7. The van der Waals surface area contributed by atoms with Crippen LogP contribution in [0, 0.1) is 12.7 Å². The Morgan fingerprint density at radius 2 is 2.07 bits per heavy atom. The summed E-state index contributed by atoms with van der Waals surface area (Å²) in [5.41, 5.74) is 1.81. The summed E-state index contributed by atoms with van der Waals surface area (Å²) in [7, 11) is 0. The van der Waals surface area contributed by atoms with Crippen molar-refractivity contribution in [3.8, 4) is 11.4 Å². The third-order valence-corrected chi connectivity index (χ3v) is 5.81. The fourth-order valence-corrected chi connectivity index (χ4v) is 3.73. The van der Waals surface area contributed by atoms with Gasteiger partial charge in [-0.3, -0.25) is 9.36 Å². The van der Waals surface area contributed by atoms with Gasteiger partial charge < -0.3 is 5.32 Å². The highest BCUT2D eigenvalue weighted by Crippen LogP contribution is 2.29. The first-order valence-corrected chi connectivity index (χ1v) is 10.2. The number of carbonyl (C=O) groups excluding carboxylic acids is 1. The van der Waals surface area contributed by atoms with E-state index in [1.165, 1.54) is 17.8 Å². The lowest BCUT2D eigenvalue weighted by Crippen LogP contribution is -2.23. The van der Waals surface area contributed by atoms with E-state index in [0.717, 1.165) is 5.56 Å². The van der Waals surface area contributed by atoms with E-state index in [9.17, 15) is 9.18 Å². The molecule has 29 heavy (non-hydrogen) atoms. The molecule has 5 nitrogen and oxygen atoms in total. The van der Waals surface area contributed by atoms with Crippen LogP contribution in [0.3, 0.4) is 0 Å². The zero-order valence-corrected chi connectivity index (χ0v) is 17.6. The van der Waals surface area contributed by atoms with Crippen LogP contribution in [-0.4, -0.2) is 25.9 Å². The van der Waals surface area contributed by atoms with Gasteiger partial charge in [0, 0.05) is 17.3 Å². The van der Waals surface area contributed by atoms with E-state index in [-0.39, 0.29) is 11.7 Å². The van der Waals surface area contributed by atoms with E-state index in [2.05, 4.69) is 22.1 Å². The summed E-state index contributed by atoms with van der Waals surface area (Å²) >= 11 is 7.36. The van der Waals surface area contributed by atoms with E-state index in [1.54, 1.807) is 54.0 Å². The van der Waals surface area contributed by atoms with E-state index >= 15 is 0 Å². The highest BCUT2D eigenvalue weighted by atomic mass is 35.5. The zero-order chi connectivity index (χ0) is 21.0. The number of allylic oxidation sites excluding steroid dienone is 1. The number of rotatable bonds is 7. The van der Waals surface area contributed by atoms with E-state index < -0.39 is 5.25 Å². The highest BCUT2D eigenvalue weighted by molar-refractivity contribution is 8.00. The maximum atomic E-state index is 14.2. The molecule has 1 heterocycles. The molecule has 0 aliphatic heterocycles. The number of amides is 1. The van der Waals surface area contributed by atoms with Gasteiger partial charge in [-0.2, -0.15) is 0 Å². The van der Waals surface area contributed by atoms with Gasteiger partial charge in [0.25, 0.3) is 0 Å². The minimum atomic E-state index is -0.463. The fraction of sp³-hybridized carbons (Fsp3) is 0.190. The van der Waals surface area contributed by atoms with Crippen LogP contribution < -0.4 is 5.32 Å². The van der Waals surface area contributed by atoms with Crippen LogP contribution in [0.4, 0.5) is 10.1 Å². The number of carbonyl (C=O) groups is 1. The van der Waals surface area contributed by atoms with Gasteiger partial charge in [0.1, 0.15) is 5.82 Å². The van der Waals surface area contributed by atoms with Crippen LogP contribution in [0.2, 0.25) is 5.02 Å². The summed E-state index contributed by atoms with van der Waals surface area (Å²) in [5, 5.41) is 11.8. The van der Waals surface area contributed by atoms with E-state index in [1.807, 2.05) is 6.92 Å². The molecule has 0 saturated heterocycles. The topological polar surface area (TPSA) is 59.8 Å². The average molecular weight is 431 g/mol. The van der Waals surface area contributed by atoms with Gasteiger partial charge >= 0.3 is 0 Å². The molecular formula is C21H20ClFN4OS. The first-order valence-electron chi connectivity index (χ1n) is 8.94. The van der Waals surface area contributed by atoms with Crippen LogP contribution in [0.25, 0.3) is 11.4 Å². The van der Waals surface area contributed by atoms with Crippen molar-refractivity contribution < 1.29 is 9.18 Å². The second-order valence-corrected chi connectivity index (χ2v) is 8.06. The molecule has 3 aromatic rings. The lowest BCUT2D eigenvalue weighted by Gasteiger charge is -2.14. The van der Waals surface area contributed by atoms with Gasteiger partial charge in [0.15, 0.2) is 11.0 Å². The first kappa shape index (κ1) is 21.1. The average Bonchev–Trinajstić information content (AvgIpc) is 3.08. The van der Waals surface area contributed by atoms with Crippen molar-refractivity contribution in [2.24, 2.45) is 0 Å². The SMILES string of the molecule is C=CCn1c(SC(C)C(=O)Nc2cccc(Cl)c2C)nnc1-c1ccccc1F. The normalized spacial score (nSPS) is 11.9. The van der Waals surface area contributed by atoms with Crippen molar-refractivity contribution in [3.63, 3.8) is 0 Å². The smallest absolute Gasteiger partial charge is 0.237 e. The number of hydrogen-bond acceptors (Lipinski definition) is 4. The molecule has 1 aromatic heterocycles. The van der Waals surface area contributed by atoms with Crippen molar-refractivity contribution in [2.75, 3.05) is 5.32 Å². The van der Waals surface area contributed by atoms with Gasteiger partial charge in [-0.25, -0.2) is 4.39 Å². The van der Waals surface area contributed by atoms with Crippen LogP contribution in [0.1, 0.15) is 12.5 Å². The third kappa shape index (κ3) is 4.68. The van der Waals surface area contributed by atoms with Gasteiger partial charge in [-0.05, 0) is 43.7 Å². The summed E-state index contributed by atoms with van der Waals surface area (Å²) in [6.07, 6.45) is 1.68. The number of nitrogens with zero attached hydrogens (tertiary/aromatic N) is 3. The number of halogens is 2. The molecule has 3 rings (SSSR count). The number of aromatic nitrogens is 3. The Hall–Kier alpha value is -2.64. The molecule has 2 aromatic carbocycles. The van der Waals surface area contributed by atoms with Crippen molar-refractivity contribution in [2.45, 2.75) is 30.8 Å². The highest BCUT2D eigenvalue weighted by Gasteiger charge is 2.22. The third-order valence-electron chi connectivity index (χ3n) is 4.32. The molecule has 8 heteroatoms. The molecule has 1 amide bonds. The largest absolute Gasteiger partial charge is 0.325 e. The Labute approximate surface area is 178 Å². The summed E-state index contributed by atoms with van der Waals surface area (Å²) in [6.45, 7) is 7.76. The van der Waals surface area contributed by atoms with Gasteiger partial charge in [0.2, 0.25) is 5.91 Å². The molecule has 0 saturated carbocycles. The van der Waals surface area contributed by atoms with Crippen LogP contribution in [-0.2, 0) is 11.3 Å². The minimum Gasteiger partial charge on any atom is -0.325 e. The Balaban J connectivity index is 1.82. The van der Waals surface area contributed by atoms with Crippen molar-refractivity contribution in [3.05, 3.63) is 71.5 Å². The Bertz CT molecular complexity index is 1050. The molecule has 150 valence electrons. The van der Waals surface area contributed by atoms with Crippen LogP contribution in [0.5, 0.6) is 0 Å². The quantitative estimate of drug-likeness (QED) is 0.405. The van der Waals surface area contributed by atoms with Gasteiger partial charge in [-0.15, -0.1) is 16.8 Å². The first-order chi connectivity index (χ1) is 13.9. The lowest BCUT2D eigenvalue weighted by molar-refractivity contribution is -0.115. The number of anilines is 1. The molecule has 0 aliphatic rings. The molecule has 0 radical (unpaired) electrons. The second kappa shape index (κ2) is 9.24. The summed E-state index contributed by atoms with van der Waals surface area (Å²) in [6, 6.07) is 11.7. The van der Waals surface area contributed by atoms with Gasteiger partial charge in [-0.1, -0.05) is 47.6 Å². The number of benzene rings is 2. The molecule has 0 spiro atoms. The maximum absolute atomic E-state index is 14.2. The van der Waals surface area contributed by atoms with Gasteiger partial charge in [0.05, 0.1) is 10.8 Å². The zero-order valence-electron chi connectivity index (χ0n) is 16.0. The Morgan fingerprint density at radius 1 is 1.31 bits per heavy atom. The summed E-state index contributed by atoms with van der Waals surface area (Å²) in [5.74, 6) is -0.186. The van der Waals surface area contributed by atoms with Crippen LogP contribution in [0.15, 0.2) is 60.3 Å². The maximum Gasteiger partial charge on any atom is 0.237 e. The lowest BCUT2D eigenvalue weighted by atomic mass is 10.2. The predicted molar refractivity (Wildman–Crippen MR) is 116 cm³/mol. The second-order valence-electron chi connectivity index (χ2n) is 6.35. The minimum absolute atomic E-state index is 0.194. The molecule has 1 atom stereocenters. The summed E-state index contributed by atoms with van der Waals surface area (Å²) < 4.78 is 16.0. The number of hydrogen-bond donors (Lipinski definition) is 1. The van der Waals surface area contributed by atoms with E-state index in [4.69, 9.17) is 11.6 Å². The van der Waals surface area contributed by atoms with Crippen molar-refractivity contribution in [1.82, 2.24) is 14.8 Å². The molecule has 0 fully saturated rings. The van der Waals surface area contributed by atoms with Crippen LogP contribution >= 0.6 is 23.4 Å². The predicted octanol–water partition coefficient (Wildman–Crippen LogP) is 5.35. The Morgan fingerprint density at radius 3 is 2.79 bits per heavy atom. The van der Waals surface area contributed by atoms with E-state index in [0.29, 0.717) is 33.8 Å².